The molecule has 0 bridgehead atoms. The first-order valence-electron chi connectivity index (χ1n) is 10.6. The van der Waals surface area contributed by atoms with Crippen LogP contribution in [-0.2, 0) is 4.79 Å². The Kier molecular flexibility index (Phi) is 5.71. The number of rotatable bonds is 5. The predicted octanol–water partition coefficient (Wildman–Crippen LogP) is 4.83. The molecular weight excluding hydrogens is 470 g/mol. The number of nitro groups is 1. The first kappa shape index (κ1) is 22.2. The Balaban J connectivity index is 1.63. The molecule has 0 saturated carbocycles. The molecule has 11 heteroatoms. The molecule has 2 N–H and O–H groups in total. The van der Waals surface area contributed by atoms with Crippen LogP contribution >= 0.6 is 11.6 Å². The number of fused-ring (bicyclic) bond motifs is 1. The number of amides is 1. The number of benzene rings is 2. The van der Waals surface area contributed by atoms with Gasteiger partial charge in [-0.25, -0.2) is 4.68 Å². The van der Waals surface area contributed by atoms with E-state index in [9.17, 15) is 14.9 Å². The van der Waals surface area contributed by atoms with Gasteiger partial charge in [-0.05, 0) is 48.9 Å². The van der Waals surface area contributed by atoms with Crippen LogP contribution in [0.25, 0.3) is 11.4 Å². The Morgan fingerprint density at radius 2 is 1.97 bits per heavy atom. The van der Waals surface area contributed by atoms with Gasteiger partial charge in [0.15, 0.2) is 5.82 Å². The first-order chi connectivity index (χ1) is 16.9. The van der Waals surface area contributed by atoms with E-state index >= 15 is 0 Å². The molecule has 2 aromatic heterocycles. The van der Waals surface area contributed by atoms with Gasteiger partial charge in [0.05, 0.1) is 22.4 Å². The third kappa shape index (κ3) is 4.34. The predicted molar refractivity (Wildman–Crippen MR) is 131 cm³/mol. The summed E-state index contributed by atoms with van der Waals surface area (Å²) in [5.41, 5.74) is 2.56. The summed E-state index contributed by atoms with van der Waals surface area (Å²) >= 11 is 6.01. The lowest BCUT2D eigenvalue weighted by atomic mass is 9.94. The van der Waals surface area contributed by atoms with Crippen LogP contribution in [-0.4, -0.2) is 30.6 Å². The van der Waals surface area contributed by atoms with Crippen molar-refractivity contribution in [3.8, 4) is 11.4 Å². The molecule has 4 aromatic rings. The number of allylic oxidation sites excluding steroid dienone is 1. The van der Waals surface area contributed by atoms with Gasteiger partial charge >= 0.3 is 0 Å². The number of nitrogens with zero attached hydrogens (tertiary/aromatic N) is 5. The van der Waals surface area contributed by atoms with Crippen molar-refractivity contribution < 1.29 is 9.72 Å². The molecule has 1 aliphatic heterocycles. The van der Waals surface area contributed by atoms with E-state index in [1.807, 2.05) is 0 Å². The van der Waals surface area contributed by atoms with Gasteiger partial charge in [-0.1, -0.05) is 23.7 Å². The SMILES string of the molecule is CC1=C(C(=O)Nc2cccnc2)[C@@H](c2cccc([N+](=O)[O-])c2)n2nc(-c3ccc(Cl)cc3)nc2N1. The number of hydrogen-bond acceptors (Lipinski definition) is 7. The number of non-ortho nitro benzene ring substituents is 1. The third-order valence-corrected chi connectivity index (χ3v) is 5.77. The highest BCUT2D eigenvalue weighted by atomic mass is 35.5. The molecule has 0 unspecified atom stereocenters. The molecule has 0 fully saturated rings. The Labute approximate surface area is 204 Å². The molecule has 1 amide bonds. The van der Waals surface area contributed by atoms with Gasteiger partial charge in [-0.15, -0.1) is 5.10 Å². The standard InChI is InChI=1S/C24H18ClN7O3/c1-14-20(23(33)28-18-5-3-11-26-13-18)21(16-4-2-6-19(12-16)32(34)35)31-24(27-14)29-22(30-31)15-7-9-17(25)10-8-15/h2-13,21H,1H3,(H,28,33)(H,27,29,30)/t21-/m1/s1. The normalized spacial score (nSPS) is 14.7. The molecule has 0 spiro atoms. The Morgan fingerprint density at radius 1 is 1.17 bits per heavy atom. The molecule has 0 radical (unpaired) electrons. The first-order valence-corrected chi connectivity index (χ1v) is 10.9. The lowest BCUT2D eigenvalue weighted by molar-refractivity contribution is -0.384. The van der Waals surface area contributed by atoms with Crippen LogP contribution in [0.2, 0.25) is 5.02 Å². The minimum atomic E-state index is -0.767. The van der Waals surface area contributed by atoms with Gasteiger partial charge in [0.25, 0.3) is 11.6 Å². The monoisotopic (exact) mass is 487 g/mol. The quantitative estimate of drug-likeness (QED) is 0.305. The highest BCUT2D eigenvalue weighted by Crippen LogP contribution is 2.37. The maximum atomic E-state index is 13.5. The summed E-state index contributed by atoms with van der Waals surface area (Å²) in [6.45, 7) is 1.75. The average molecular weight is 488 g/mol. The second-order valence-corrected chi connectivity index (χ2v) is 8.26. The number of carbonyl (C=O) groups excluding carboxylic acids is 1. The molecule has 0 aliphatic carbocycles. The lowest BCUT2D eigenvalue weighted by Gasteiger charge is -2.28. The van der Waals surface area contributed by atoms with Crippen molar-refractivity contribution in [3.05, 3.63) is 105 Å². The number of anilines is 2. The molecule has 2 aromatic carbocycles. The second-order valence-electron chi connectivity index (χ2n) is 7.82. The van der Waals surface area contributed by atoms with Crippen LogP contribution in [0, 0.1) is 10.1 Å². The summed E-state index contributed by atoms with van der Waals surface area (Å²) in [4.78, 5) is 33.1. The minimum Gasteiger partial charge on any atom is -0.328 e. The van der Waals surface area contributed by atoms with Crippen molar-refractivity contribution in [1.82, 2.24) is 19.7 Å². The van der Waals surface area contributed by atoms with Crippen LogP contribution < -0.4 is 10.6 Å². The molecule has 1 atom stereocenters. The smallest absolute Gasteiger partial charge is 0.269 e. The number of pyridine rings is 1. The summed E-state index contributed by atoms with van der Waals surface area (Å²) in [5.74, 6) is 0.428. The van der Waals surface area contributed by atoms with Crippen LogP contribution in [0.1, 0.15) is 18.5 Å². The number of carbonyl (C=O) groups is 1. The van der Waals surface area contributed by atoms with E-state index in [0.717, 1.165) is 5.56 Å². The number of nitro benzene ring substituents is 1. The van der Waals surface area contributed by atoms with Crippen LogP contribution in [0.4, 0.5) is 17.3 Å². The van der Waals surface area contributed by atoms with E-state index in [1.54, 1.807) is 66.3 Å². The molecule has 35 heavy (non-hydrogen) atoms. The van der Waals surface area contributed by atoms with Gasteiger partial charge in [-0.2, -0.15) is 4.98 Å². The highest BCUT2D eigenvalue weighted by molar-refractivity contribution is 6.30. The fraction of sp³-hybridized carbons (Fsp3) is 0.0833. The topological polar surface area (TPSA) is 128 Å². The fourth-order valence-electron chi connectivity index (χ4n) is 3.92. The molecule has 3 heterocycles. The average Bonchev–Trinajstić information content (AvgIpc) is 3.27. The summed E-state index contributed by atoms with van der Waals surface area (Å²) in [6.07, 6.45) is 3.14. The third-order valence-electron chi connectivity index (χ3n) is 5.52. The maximum Gasteiger partial charge on any atom is 0.269 e. The van der Waals surface area contributed by atoms with Gasteiger partial charge in [0.2, 0.25) is 5.95 Å². The van der Waals surface area contributed by atoms with Crippen LogP contribution in [0.15, 0.2) is 84.3 Å². The highest BCUT2D eigenvalue weighted by Gasteiger charge is 2.35. The number of nitrogens with one attached hydrogen (secondary N) is 2. The van der Waals surface area contributed by atoms with Crippen molar-refractivity contribution in [2.45, 2.75) is 13.0 Å². The van der Waals surface area contributed by atoms with Gasteiger partial charge in [0.1, 0.15) is 6.04 Å². The van der Waals surface area contributed by atoms with Gasteiger partial charge < -0.3 is 10.6 Å². The second kappa shape index (κ2) is 8.99. The Bertz CT molecular complexity index is 1470. The number of aromatic nitrogens is 4. The van der Waals surface area contributed by atoms with Gasteiger partial charge in [-0.3, -0.25) is 19.9 Å². The van der Waals surface area contributed by atoms with Crippen molar-refractivity contribution in [2.75, 3.05) is 10.6 Å². The van der Waals surface area contributed by atoms with Gasteiger partial charge in [0, 0.05) is 34.6 Å². The van der Waals surface area contributed by atoms with E-state index in [-0.39, 0.29) is 5.69 Å². The molecule has 1 aliphatic rings. The summed E-state index contributed by atoms with van der Waals surface area (Å²) < 4.78 is 1.56. The zero-order valence-corrected chi connectivity index (χ0v) is 19.1. The summed E-state index contributed by atoms with van der Waals surface area (Å²) in [5, 5.41) is 22.7. The Morgan fingerprint density at radius 3 is 2.69 bits per heavy atom. The molecular formula is C24H18ClN7O3. The molecule has 10 nitrogen and oxygen atoms in total. The number of halogens is 1. The van der Waals surface area contributed by atoms with E-state index in [4.69, 9.17) is 11.6 Å². The van der Waals surface area contributed by atoms with E-state index in [0.29, 0.717) is 39.3 Å². The van der Waals surface area contributed by atoms with Crippen molar-refractivity contribution in [3.63, 3.8) is 0 Å². The molecule has 5 rings (SSSR count). The van der Waals surface area contributed by atoms with E-state index in [2.05, 4.69) is 25.7 Å². The Hall–Kier alpha value is -4.57. The van der Waals surface area contributed by atoms with E-state index < -0.39 is 16.9 Å². The van der Waals surface area contributed by atoms with Crippen molar-refractivity contribution >= 4 is 34.8 Å². The van der Waals surface area contributed by atoms with Crippen molar-refractivity contribution in [2.24, 2.45) is 0 Å². The van der Waals surface area contributed by atoms with Crippen LogP contribution in [0.5, 0.6) is 0 Å². The van der Waals surface area contributed by atoms with E-state index in [1.165, 1.54) is 18.3 Å². The lowest BCUT2D eigenvalue weighted by Crippen LogP contribution is -2.31. The molecule has 0 saturated heterocycles. The zero-order valence-electron chi connectivity index (χ0n) is 18.3. The van der Waals surface area contributed by atoms with Crippen LogP contribution in [0.3, 0.4) is 0 Å². The molecule has 174 valence electrons. The maximum absolute atomic E-state index is 13.5. The summed E-state index contributed by atoms with van der Waals surface area (Å²) in [7, 11) is 0. The van der Waals surface area contributed by atoms with Crippen molar-refractivity contribution in [1.29, 1.82) is 0 Å². The zero-order chi connectivity index (χ0) is 24.5. The fourth-order valence-corrected chi connectivity index (χ4v) is 4.04. The largest absolute Gasteiger partial charge is 0.328 e. The number of hydrogen-bond donors (Lipinski definition) is 2. The minimum absolute atomic E-state index is 0.0923. The summed E-state index contributed by atoms with van der Waals surface area (Å²) in [6, 6.07) is 15.9.